The van der Waals surface area contributed by atoms with Crippen LogP contribution in [0, 0.1) is 0 Å². The zero-order chi connectivity index (χ0) is 10.8. The zero-order valence-corrected chi connectivity index (χ0v) is 8.04. The molecule has 0 saturated heterocycles. The van der Waals surface area contributed by atoms with E-state index in [0.717, 1.165) is 6.42 Å². The van der Waals surface area contributed by atoms with Crippen LogP contribution in [0.15, 0.2) is 12.7 Å². The highest BCUT2D eigenvalue weighted by Crippen LogP contribution is 1.77. The molecule has 0 atom stereocenters. The summed E-state index contributed by atoms with van der Waals surface area (Å²) in [6, 6.07) is 0. The van der Waals surface area contributed by atoms with Crippen molar-refractivity contribution < 1.29 is 19.3 Å². The predicted molar refractivity (Wildman–Crippen MR) is 48.7 cm³/mol. The van der Waals surface area contributed by atoms with Crippen LogP contribution in [0.1, 0.15) is 13.3 Å². The summed E-state index contributed by atoms with van der Waals surface area (Å²) in [7, 11) is 0. The van der Waals surface area contributed by atoms with Gasteiger partial charge in [0.2, 0.25) is 0 Å². The van der Waals surface area contributed by atoms with Crippen molar-refractivity contribution in [3.63, 3.8) is 0 Å². The van der Waals surface area contributed by atoms with Crippen molar-refractivity contribution in [2.45, 2.75) is 13.3 Å². The van der Waals surface area contributed by atoms with E-state index >= 15 is 0 Å². The maximum atomic E-state index is 10.9. The molecule has 2 N–H and O–H groups in total. The fourth-order valence-corrected chi connectivity index (χ4v) is 0.477. The molecule has 2 amide bonds. The molecule has 0 radical (unpaired) electrons. The minimum atomic E-state index is -0.914. The highest BCUT2D eigenvalue weighted by Gasteiger charge is 2.12. The number of carbonyl (C=O) groups is 2. The van der Waals surface area contributed by atoms with Crippen molar-refractivity contribution in [3.05, 3.63) is 12.7 Å². The number of amides is 2. The van der Waals surface area contributed by atoms with Crippen LogP contribution in [0.4, 0.5) is 0 Å². The minimum absolute atomic E-state index is 0.134. The van der Waals surface area contributed by atoms with Crippen LogP contribution in [0.5, 0.6) is 0 Å². The molecular formula is C8H14N2O4. The summed E-state index contributed by atoms with van der Waals surface area (Å²) in [5.74, 6) is -1.81. The van der Waals surface area contributed by atoms with E-state index in [1.807, 2.05) is 17.9 Å². The minimum Gasteiger partial charge on any atom is -0.273 e. The smallest absolute Gasteiger partial charge is 0.273 e. The predicted octanol–water partition coefficient (Wildman–Crippen LogP) is -0.322. The van der Waals surface area contributed by atoms with E-state index in [2.05, 4.69) is 16.3 Å². The molecule has 0 aliphatic heterocycles. The maximum absolute atomic E-state index is 10.9. The van der Waals surface area contributed by atoms with Crippen LogP contribution in [0.25, 0.3) is 0 Å². The lowest BCUT2D eigenvalue weighted by atomic mass is 10.5. The second-order valence-corrected chi connectivity index (χ2v) is 2.31. The van der Waals surface area contributed by atoms with Gasteiger partial charge in [0.15, 0.2) is 0 Å². The molecule has 6 nitrogen and oxygen atoms in total. The Morgan fingerprint density at radius 1 is 1.29 bits per heavy atom. The molecule has 80 valence electrons. The molecule has 0 fully saturated rings. The van der Waals surface area contributed by atoms with E-state index < -0.39 is 11.8 Å². The van der Waals surface area contributed by atoms with E-state index in [0.29, 0.717) is 6.61 Å². The third-order valence-corrected chi connectivity index (χ3v) is 1.04. The number of hydrogen-bond acceptors (Lipinski definition) is 4. The van der Waals surface area contributed by atoms with Gasteiger partial charge >= 0.3 is 11.8 Å². The summed E-state index contributed by atoms with van der Waals surface area (Å²) in [5.41, 5.74) is 3.86. The number of rotatable bonds is 6. The van der Waals surface area contributed by atoms with E-state index in [-0.39, 0.29) is 6.61 Å². The van der Waals surface area contributed by atoms with Gasteiger partial charge in [0.05, 0.1) is 13.2 Å². The van der Waals surface area contributed by atoms with E-state index in [1.165, 1.54) is 6.08 Å². The van der Waals surface area contributed by atoms with E-state index in [9.17, 15) is 9.59 Å². The number of carbonyl (C=O) groups excluding carboxylic acids is 2. The molecule has 14 heavy (non-hydrogen) atoms. The van der Waals surface area contributed by atoms with Crippen molar-refractivity contribution in [2.24, 2.45) is 0 Å². The summed E-state index contributed by atoms with van der Waals surface area (Å²) >= 11 is 0. The standard InChI is InChI=1S/C8H14N2O4/c1-3-5-13-9-7(11)8(12)10-14-6-4-2/h3H,1,4-6H2,2H3,(H,9,11)(H,10,12). The second-order valence-electron chi connectivity index (χ2n) is 2.31. The van der Waals surface area contributed by atoms with Crippen LogP contribution in [0.3, 0.4) is 0 Å². The van der Waals surface area contributed by atoms with Crippen LogP contribution in [0.2, 0.25) is 0 Å². The van der Waals surface area contributed by atoms with Gasteiger partial charge < -0.3 is 0 Å². The van der Waals surface area contributed by atoms with Gasteiger partial charge in [-0.15, -0.1) is 6.58 Å². The Balaban J connectivity index is 3.55. The maximum Gasteiger partial charge on any atom is 0.335 e. The Morgan fingerprint density at radius 2 is 1.86 bits per heavy atom. The largest absolute Gasteiger partial charge is 0.335 e. The number of hydroxylamine groups is 2. The average Bonchev–Trinajstić information content (AvgIpc) is 2.18. The molecule has 0 bridgehead atoms. The molecule has 0 rings (SSSR count). The lowest BCUT2D eigenvalue weighted by Gasteiger charge is -2.04. The Morgan fingerprint density at radius 3 is 2.36 bits per heavy atom. The molecule has 0 spiro atoms. The fraction of sp³-hybridized carbons (Fsp3) is 0.500. The lowest BCUT2D eigenvalue weighted by molar-refractivity contribution is -0.153. The van der Waals surface area contributed by atoms with Crippen molar-refractivity contribution in [1.82, 2.24) is 11.0 Å². The van der Waals surface area contributed by atoms with Crippen LogP contribution in [-0.4, -0.2) is 25.0 Å². The van der Waals surface area contributed by atoms with Gasteiger partial charge in [-0.05, 0) is 6.42 Å². The van der Waals surface area contributed by atoms with Gasteiger partial charge in [0.1, 0.15) is 0 Å². The van der Waals surface area contributed by atoms with Gasteiger partial charge in [-0.1, -0.05) is 13.0 Å². The molecule has 0 unspecified atom stereocenters. The highest BCUT2D eigenvalue weighted by molar-refractivity contribution is 6.34. The molecule has 0 heterocycles. The fourth-order valence-electron chi connectivity index (χ4n) is 0.477. The highest BCUT2D eigenvalue weighted by atomic mass is 16.7. The van der Waals surface area contributed by atoms with E-state index in [1.54, 1.807) is 0 Å². The summed E-state index contributed by atoms with van der Waals surface area (Å²) < 4.78 is 0. The molecule has 0 aromatic carbocycles. The summed E-state index contributed by atoms with van der Waals surface area (Å²) in [4.78, 5) is 30.9. The molecule has 0 aromatic rings. The first-order chi connectivity index (χ1) is 6.72. The number of nitrogens with one attached hydrogen (secondary N) is 2. The Labute approximate surface area is 82.2 Å². The monoisotopic (exact) mass is 202 g/mol. The lowest BCUT2D eigenvalue weighted by Crippen LogP contribution is -2.40. The third-order valence-electron chi connectivity index (χ3n) is 1.04. The van der Waals surface area contributed by atoms with Gasteiger partial charge in [-0.25, -0.2) is 11.0 Å². The van der Waals surface area contributed by atoms with Crippen LogP contribution in [-0.2, 0) is 19.3 Å². The molecule has 0 aliphatic rings. The quantitative estimate of drug-likeness (QED) is 0.268. The van der Waals surface area contributed by atoms with Gasteiger partial charge in [0.25, 0.3) is 0 Å². The van der Waals surface area contributed by atoms with Gasteiger partial charge in [-0.2, -0.15) is 0 Å². The first kappa shape index (κ1) is 12.6. The Kier molecular flexibility index (Phi) is 7.39. The van der Waals surface area contributed by atoms with Gasteiger partial charge in [0, 0.05) is 0 Å². The molecule has 0 saturated carbocycles. The third kappa shape index (κ3) is 6.15. The summed E-state index contributed by atoms with van der Waals surface area (Å²) in [6.45, 7) is 5.72. The normalized spacial score (nSPS) is 9.21. The topological polar surface area (TPSA) is 76.7 Å². The zero-order valence-electron chi connectivity index (χ0n) is 8.04. The SMILES string of the molecule is C=CCONC(=O)C(=O)NOCCC. The second kappa shape index (κ2) is 8.21. The first-order valence-corrected chi connectivity index (χ1v) is 4.17. The average molecular weight is 202 g/mol. The first-order valence-electron chi connectivity index (χ1n) is 4.17. The Bertz CT molecular complexity index is 206. The summed E-state index contributed by atoms with van der Waals surface area (Å²) in [5, 5.41) is 0. The van der Waals surface area contributed by atoms with Gasteiger partial charge in [-0.3, -0.25) is 19.3 Å². The van der Waals surface area contributed by atoms with Crippen LogP contribution >= 0.6 is 0 Å². The summed E-state index contributed by atoms with van der Waals surface area (Å²) in [6.07, 6.45) is 2.18. The molecule has 0 aliphatic carbocycles. The van der Waals surface area contributed by atoms with Crippen molar-refractivity contribution in [3.8, 4) is 0 Å². The molecular weight excluding hydrogens is 188 g/mol. The van der Waals surface area contributed by atoms with Crippen molar-refractivity contribution in [2.75, 3.05) is 13.2 Å². The van der Waals surface area contributed by atoms with E-state index in [4.69, 9.17) is 0 Å². The Hall–Kier alpha value is -1.40. The number of hydrogen-bond donors (Lipinski definition) is 2. The van der Waals surface area contributed by atoms with Crippen molar-refractivity contribution >= 4 is 11.8 Å². The molecule has 0 aromatic heterocycles. The van der Waals surface area contributed by atoms with Crippen LogP contribution < -0.4 is 11.0 Å². The van der Waals surface area contributed by atoms with Crippen molar-refractivity contribution in [1.29, 1.82) is 0 Å². The molecule has 6 heteroatoms.